The summed E-state index contributed by atoms with van der Waals surface area (Å²) in [5.74, 6) is 2.83. The third-order valence-corrected chi connectivity index (χ3v) is 5.59. The highest BCUT2D eigenvalue weighted by atomic mass is 14.5. The fourth-order valence-electron chi connectivity index (χ4n) is 3.81. The van der Waals surface area contributed by atoms with Crippen LogP contribution in [-0.2, 0) is 0 Å². The van der Waals surface area contributed by atoms with Gasteiger partial charge in [-0.15, -0.1) is 0 Å². The lowest BCUT2D eigenvalue weighted by atomic mass is 9.58. The molecule has 0 aromatic heterocycles. The fraction of sp³-hybridized carbons (Fsp3) is 1.00. The summed E-state index contributed by atoms with van der Waals surface area (Å²) in [7, 11) is 0. The van der Waals surface area contributed by atoms with E-state index in [0.717, 1.165) is 17.8 Å². The Hall–Kier alpha value is 0. The first kappa shape index (κ1) is 15.1. The van der Waals surface area contributed by atoms with Gasteiger partial charge in [-0.3, -0.25) is 0 Å². The quantitative estimate of drug-likeness (QED) is 0.494. The van der Waals surface area contributed by atoms with E-state index in [1.807, 2.05) is 0 Å². The Bertz CT molecular complexity index is 204. The van der Waals surface area contributed by atoms with Crippen LogP contribution in [0.25, 0.3) is 0 Å². The summed E-state index contributed by atoms with van der Waals surface area (Å²) < 4.78 is 0. The molecule has 3 atom stereocenters. The molecule has 0 saturated heterocycles. The van der Waals surface area contributed by atoms with E-state index in [9.17, 15) is 0 Å². The highest BCUT2D eigenvalue weighted by molar-refractivity contribution is 4.90. The molecule has 1 rings (SSSR count). The van der Waals surface area contributed by atoms with Gasteiger partial charge in [0.15, 0.2) is 0 Å². The normalized spacial score (nSPS) is 32.6. The van der Waals surface area contributed by atoms with Crippen molar-refractivity contribution in [1.82, 2.24) is 0 Å². The van der Waals surface area contributed by atoms with Crippen LogP contribution in [0.3, 0.4) is 0 Å². The minimum atomic E-state index is 0.572. The van der Waals surface area contributed by atoms with E-state index in [1.54, 1.807) is 0 Å². The van der Waals surface area contributed by atoms with Crippen LogP contribution in [0.4, 0.5) is 0 Å². The highest BCUT2D eigenvalue weighted by Crippen LogP contribution is 2.49. The van der Waals surface area contributed by atoms with Gasteiger partial charge < -0.3 is 0 Å². The van der Waals surface area contributed by atoms with Gasteiger partial charge in [-0.2, -0.15) is 0 Å². The molecule has 102 valence electrons. The van der Waals surface area contributed by atoms with E-state index in [1.165, 1.54) is 51.4 Å². The van der Waals surface area contributed by atoms with E-state index in [0.29, 0.717) is 5.41 Å². The first-order valence-corrected chi connectivity index (χ1v) is 8.00. The minimum absolute atomic E-state index is 0.572. The van der Waals surface area contributed by atoms with E-state index < -0.39 is 0 Å². The van der Waals surface area contributed by atoms with Crippen LogP contribution >= 0.6 is 0 Å². The van der Waals surface area contributed by atoms with E-state index in [2.05, 4.69) is 34.6 Å². The summed E-state index contributed by atoms with van der Waals surface area (Å²) in [4.78, 5) is 0. The van der Waals surface area contributed by atoms with Crippen LogP contribution in [0.1, 0.15) is 86.0 Å². The summed E-state index contributed by atoms with van der Waals surface area (Å²) in [5.41, 5.74) is 0.572. The zero-order valence-electron chi connectivity index (χ0n) is 12.9. The van der Waals surface area contributed by atoms with Gasteiger partial charge in [0, 0.05) is 0 Å². The van der Waals surface area contributed by atoms with Crippen LogP contribution < -0.4 is 0 Å². The van der Waals surface area contributed by atoms with Gasteiger partial charge in [-0.05, 0) is 36.0 Å². The molecule has 0 heterocycles. The van der Waals surface area contributed by atoms with Crippen LogP contribution in [0.15, 0.2) is 0 Å². The molecule has 1 fully saturated rings. The minimum Gasteiger partial charge on any atom is -0.0654 e. The van der Waals surface area contributed by atoms with Crippen LogP contribution in [0.2, 0.25) is 0 Å². The van der Waals surface area contributed by atoms with Crippen molar-refractivity contribution in [3.63, 3.8) is 0 Å². The van der Waals surface area contributed by atoms with Crippen molar-refractivity contribution in [3.8, 4) is 0 Å². The monoisotopic (exact) mass is 238 g/mol. The summed E-state index contributed by atoms with van der Waals surface area (Å²) in [5, 5.41) is 0. The van der Waals surface area contributed by atoms with Gasteiger partial charge in [0.05, 0.1) is 0 Å². The van der Waals surface area contributed by atoms with Crippen LogP contribution in [-0.4, -0.2) is 0 Å². The molecule has 0 radical (unpaired) electrons. The maximum Gasteiger partial charge on any atom is -0.0298 e. The lowest BCUT2D eigenvalue weighted by Gasteiger charge is -2.47. The average Bonchev–Trinajstić information content (AvgIpc) is 2.28. The Morgan fingerprint density at radius 2 is 1.59 bits per heavy atom. The molecule has 0 N–H and O–H groups in total. The van der Waals surface area contributed by atoms with Crippen molar-refractivity contribution in [2.24, 2.45) is 23.2 Å². The number of rotatable bonds is 6. The highest BCUT2D eigenvalue weighted by Gasteiger charge is 2.40. The Labute approximate surface area is 110 Å². The topological polar surface area (TPSA) is 0 Å². The molecule has 0 nitrogen and oxygen atoms in total. The molecule has 0 aromatic carbocycles. The van der Waals surface area contributed by atoms with Gasteiger partial charge in [0.2, 0.25) is 0 Å². The van der Waals surface area contributed by atoms with Crippen molar-refractivity contribution < 1.29 is 0 Å². The molecule has 0 aliphatic heterocycles. The zero-order chi connectivity index (χ0) is 12.9. The Balaban J connectivity index is 2.37. The zero-order valence-corrected chi connectivity index (χ0v) is 12.9. The SMILES string of the molecule is CCCCCCCC1C(C)CCC(C)C1(C)C. The molecular weight excluding hydrogens is 204 g/mol. The number of hydrogen-bond donors (Lipinski definition) is 0. The Morgan fingerprint density at radius 3 is 2.24 bits per heavy atom. The van der Waals surface area contributed by atoms with Gasteiger partial charge in [0.25, 0.3) is 0 Å². The van der Waals surface area contributed by atoms with Gasteiger partial charge in [-0.1, -0.05) is 73.1 Å². The second-order valence-electron chi connectivity index (χ2n) is 7.09. The van der Waals surface area contributed by atoms with E-state index >= 15 is 0 Å². The lowest BCUT2D eigenvalue weighted by molar-refractivity contribution is 0.0208. The molecule has 0 spiro atoms. The molecule has 1 saturated carbocycles. The maximum atomic E-state index is 2.52. The van der Waals surface area contributed by atoms with Crippen molar-refractivity contribution in [2.75, 3.05) is 0 Å². The van der Waals surface area contributed by atoms with Crippen LogP contribution in [0.5, 0.6) is 0 Å². The van der Waals surface area contributed by atoms with Gasteiger partial charge in [-0.25, -0.2) is 0 Å². The summed E-state index contributed by atoms with van der Waals surface area (Å²) in [6.07, 6.45) is 11.6. The molecule has 17 heavy (non-hydrogen) atoms. The largest absolute Gasteiger partial charge is 0.0654 e. The van der Waals surface area contributed by atoms with Crippen molar-refractivity contribution in [1.29, 1.82) is 0 Å². The number of unbranched alkanes of at least 4 members (excludes halogenated alkanes) is 4. The predicted molar refractivity (Wildman–Crippen MR) is 78.2 cm³/mol. The molecule has 0 aromatic rings. The van der Waals surface area contributed by atoms with Crippen LogP contribution in [0, 0.1) is 23.2 Å². The molecule has 1 aliphatic rings. The lowest BCUT2D eigenvalue weighted by Crippen LogP contribution is -2.39. The van der Waals surface area contributed by atoms with Gasteiger partial charge in [0.1, 0.15) is 0 Å². The number of hydrogen-bond acceptors (Lipinski definition) is 0. The molecular formula is C17H34. The first-order chi connectivity index (χ1) is 8.00. The second-order valence-corrected chi connectivity index (χ2v) is 7.09. The summed E-state index contributed by atoms with van der Waals surface area (Å²) in [6, 6.07) is 0. The molecule has 3 unspecified atom stereocenters. The average molecular weight is 238 g/mol. The van der Waals surface area contributed by atoms with E-state index in [-0.39, 0.29) is 0 Å². The third-order valence-electron chi connectivity index (χ3n) is 5.59. The second kappa shape index (κ2) is 6.81. The first-order valence-electron chi connectivity index (χ1n) is 8.00. The smallest absolute Gasteiger partial charge is 0.0298 e. The molecule has 0 amide bonds. The van der Waals surface area contributed by atoms with E-state index in [4.69, 9.17) is 0 Å². The van der Waals surface area contributed by atoms with Crippen molar-refractivity contribution in [3.05, 3.63) is 0 Å². The van der Waals surface area contributed by atoms with Gasteiger partial charge >= 0.3 is 0 Å². The Morgan fingerprint density at radius 1 is 0.941 bits per heavy atom. The standard InChI is InChI=1S/C17H34/c1-6-7-8-9-10-11-16-14(2)12-13-15(3)17(16,4)5/h14-16H,6-13H2,1-5H3. The molecule has 1 aliphatic carbocycles. The summed E-state index contributed by atoms with van der Waals surface area (Å²) >= 11 is 0. The Kier molecular flexibility index (Phi) is 6.03. The van der Waals surface area contributed by atoms with Crippen molar-refractivity contribution in [2.45, 2.75) is 86.0 Å². The molecule has 0 heteroatoms. The maximum absolute atomic E-state index is 2.52. The van der Waals surface area contributed by atoms with Crippen molar-refractivity contribution >= 4 is 0 Å². The summed E-state index contributed by atoms with van der Waals surface area (Å²) in [6.45, 7) is 12.3. The third kappa shape index (κ3) is 4.00. The molecule has 0 bridgehead atoms. The predicted octanol–water partition coefficient (Wildman–Crippen LogP) is 6.06. The fourth-order valence-corrected chi connectivity index (χ4v) is 3.81.